The van der Waals surface area contributed by atoms with Crippen molar-refractivity contribution in [3.63, 3.8) is 0 Å². The first-order valence-electron chi connectivity index (χ1n) is 7.55. The second kappa shape index (κ2) is 8.88. The van der Waals surface area contributed by atoms with Gasteiger partial charge in [0.05, 0.1) is 12.9 Å². The number of aromatic nitrogens is 2. The number of anilines is 3. The van der Waals surface area contributed by atoms with E-state index in [4.69, 9.17) is 16.3 Å². The highest BCUT2D eigenvalue weighted by Crippen LogP contribution is 2.28. The van der Waals surface area contributed by atoms with Gasteiger partial charge < -0.3 is 15.4 Å². The standard InChI is InChI=1S/C17H15ClN4O2S2/c1-24-14-7-5-12(6-8-14)20-16-21-22-17(26-16)25-10-15(23)19-13-4-2-3-11(18)9-13/h2-9H,10H2,1H3,(H,19,23)(H,20,21). The van der Waals surface area contributed by atoms with Crippen molar-refractivity contribution in [1.82, 2.24) is 10.2 Å². The first kappa shape index (κ1) is 18.5. The van der Waals surface area contributed by atoms with Gasteiger partial charge in [0, 0.05) is 16.4 Å². The van der Waals surface area contributed by atoms with Crippen LogP contribution in [0.5, 0.6) is 5.75 Å². The topological polar surface area (TPSA) is 76.1 Å². The Labute approximate surface area is 163 Å². The molecule has 0 saturated carbocycles. The van der Waals surface area contributed by atoms with Gasteiger partial charge in [0.25, 0.3) is 0 Å². The highest BCUT2D eigenvalue weighted by atomic mass is 35.5. The molecule has 0 radical (unpaired) electrons. The number of rotatable bonds is 7. The minimum Gasteiger partial charge on any atom is -0.497 e. The molecular formula is C17H15ClN4O2S2. The number of nitrogens with zero attached hydrogens (tertiary/aromatic N) is 2. The molecule has 134 valence electrons. The third kappa shape index (κ3) is 5.35. The summed E-state index contributed by atoms with van der Waals surface area (Å²) in [7, 11) is 1.62. The van der Waals surface area contributed by atoms with Crippen LogP contribution in [0.1, 0.15) is 0 Å². The average Bonchev–Trinajstić information content (AvgIpc) is 3.08. The predicted octanol–water partition coefficient (Wildman–Crippen LogP) is 4.67. The summed E-state index contributed by atoms with van der Waals surface area (Å²) in [4.78, 5) is 12.0. The number of thioether (sulfide) groups is 1. The molecule has 0 aliphatic heterocycles. The minimum atomic E-state index is -0.128. The molecule has 0 fully saturated rings. The lowest BCUT2D eigenvalue weighted by Gasteiger charge is -2.04. The van der Waals surface area contributed by atoms with Crippen LogP contribution < -0.4 is 15.4 Å². The van der Waals surface area contributed by atoms with Crippen LogP contribution in [0.2, 0.25) is 5.02 Å². The second-order valence-electron chi connectivity index (χ2n) is 5.07. The van der Waals surface area contributed by atoms with E-state index in [-0.39, 0.29) is 11.7 Å². The fourth-order valence-corrected chi connectivity index (χ4v) is 3.77. The molecule has 0 unspecified atom stereocenters. The summed E-state index contributed by atoms with van der Waals surface area (Å²) in [5, 5.41) is 15.4. The number of carbonyl (C=O) groups is 1. The lowest BCUT2D eigenvalue weighted by Crippen LogP contribution is -2.13. The molecule has 2 aromatic carbocycles. The molecule has 0 bridgehead atoms. The molecule has 3 aromatic rings. The number of methoxy groups -OCH3 is 1. The van der Waals surface area contributed by atoms with Gasteiger partial charge in [-0.3, -0.25) is 4.79 Å². The monoisotopic (exact) mass is 406 g/mol. The van der Waals surface area contributed by atoms with Crippen molar-refractivity contribution in [3.8, 4) is 5.75 Å². The Bertz CT molecular complexity index is 886. The molecule has 0 aliphatic carbocycles. The second-order valence-corrected chi connectivity index (χ2v) is 7.71. The fourth-order valence-electron chi connectivity index (χ4n) is 2.01. The molecule has 0 saturated heterocycles. The van der Waals surface area contributed by atoms with Gasteiger partial charge in [0.1, 0.15) is 5.75 Å². The highest BCUT2D eigenvalue weighted by Gasteiger charge is 2.09. The van der Waals surface area contributed by atoms with E-state index in [2.05, 4.69) is 20.8 Å². The Morgan fingerprint density at radius 1 is 1.19 bits per heavy atom. The van der Waals surface area contributed by atoms with Crippen LogP contribution in [-0.4, -0.2) is 29.0 Å². The van der Waals surface area contributed by atoms with Crippen LogP contribution in [0.4, 0.5) is 16.5 Å². The lowest BCUT2D eigenvalue weighted by molar-refractivity contribution is -0.113. The van der Waals surface area contributed by atoms with Crippen LogP contribution in [0.15, 0.2) is 52.9 Å². The lowest BCUT2D eigenvalue weighted by atomic mass is 10.3. The Hall–Kier alpha value is -2.29. The average molecular weight is 407 g/mol. The van der Waals surface area contributed by atoms with E-state index in [0.29, 0.717) is 20.2 Å². The number of nitrogens with one attached hydrogen (secondary N) is 2. The molecule has 1 aromatic heterocycles. The van der Waals surface area contributed by atoms with Gasteiger partial charge in [0.15, 0.2) is 4.34 Å². The summed E-state index contributed by atoms with van der Waals surface area (Å²) in [6.45, 7) is 0. The molecule has 26 heavy (non-hydrogen) atoms. The maximum Gasteiger partial charge on any atom is 0.234 e. The molecule has 1 heterocycles. The number of hydrogen-bond acceptors (Lipinski definition) is 7. The number of hydrogen-bond donors (Lipinski definition) is 2. The van der Waals surface area contributed by atoms with E-state index in [0.717, 1.165) is 11.4 Å². The maximum atomic E-state index is 12.0. The Kier molecular flexibility index (Phi) is 6.32. The van der Waals surface area contributed by atoms with Gasteiger partial charge in [-0.05, 0) is 42.5 Å². The molecular weight excluding hydrogens is 392 g/mol. The van der Waals surface area contributed by atoms with Gasteiger partial charge in [-0.15, -0.1) is 10.2 Å². The molecule has 0 aliphatic rings. The Morgan fingerprint density at radius 2 is 2.00 bits per heavy atom. The zero-order valence-corrected chi connectivity index (χ0v) is 16.1. The van der Waals surface area contributed by atoms with Gasteiger partial charge in [-0.25, -0.2) is 0 Å². The number of benzene rings is 2. The molecule has 0 spiro atoms. The van der Waals surface area contributed by atoms with Crippen LogP contribution in [0.25, 0.3) is 0 Å². The van der Waals surface area contributed by atoms with Crippen molar-refractivity contribution in [2.75, 3.05) is 23.5 Å². The van der Waals surface area contributed by atoms with Crippen molar-refractivity contribution >= 4 is 57.1 Å². The van der Waals surface area contributed by atoms with E-state index in [1.165, 1.54) is 23.1 Å². The van der Waals surface area contributed by atoms with Crippen molar-refractivity contribution in [1.29, 1.82) is 0 Å². The quantitative estimate of drug-likeness (QED) is 0.555. The molecule has 0 atom stereocenters. The first-order chi connectivity index (χ1) is 12.6. The zero-order valence-electron chi connectivity index (χ0n) is 13.7. The number of amides is 1. The molecule has 3 rings (SSSR count). The van der Waals surface area contributed by atoms with Gasteiger partial charge >= 0.3 is 0 Å². The van der Waals surface area contributed by atoms with Crippen molar-refractivity contribution < 1.29 is 9.53 Å². The van der Waals surface area contributed by atoms with Crippen LogP contribution in [-0.2, 0) is 4.79 Å². The van der Waals surface area contributed by atoms with E-state index in [1.54, 1.807) is 31.4 Å². The first-order valence-corrected chi connectivity index (χ1v) is 9.73. The summed E-state index contributed by atoms with van der Waals surface area (Å²) in [5.41, 5.74) is 1.56. The number of ether oxygens (including phenoxy) is 1. The summed E-state index contributed by atoms with van der Waals surface area (Å²) in [5.74, 6) is 0.899. The number of carbonyl (C=O) groups excluding carboxylic acids is 1. The van der Waals surface area contributed by atoms with Crippen molar-refractivity contribution in [2.24, 2.45) is 0 Å². The largest absolute Gasteiger partial charge is 0.497 e. The zero-order chi connectivity index (χ0) is 18.4. The fraction of sp³-hybridized carbons (Fsp3) is 0.118. The van der Waals surface area contributed by atoms with E-state index < -0.39 is 0 Å². The van der Waals surface area contributed by atoms with Gasteiger partial charge in [0.2, 0.25) is 11.0 Å². The number of halogens is 1. The van der Waals surface area contributed by atoms with Gasteiger partial charge in [-0.2, -0.15) is 0 Å². The summed E-state index contributed by atoms with van der Waals surface area (Å²) in [6.07, 6.45) is 0. The summed E-state index contributed by atoms with van der Waals surface area (Å²) in [6, 6.07) is 14.5. The minimum absolute atomic E-state index is 0.128. The Balaban J connectivity index is 1.50. The molecule has 6 nitrogen and oxygen atoms in total. The SMILES string of the molecule is COc1ccc(Nc2nnc(SCC(=O)Nc3cccc(Cl)c3)s2)cc1. The highest BCUT2D eigenvalue weighted by molar-refractivity contribution is 8.01. The normalized spacial score (nSPS) is 10.4. The third-order valence-electron chi connectivity index (χ3n) is 3.18. The predicted molar refractivity (Wildman–Crippen MR) is 107 cm³/mol. The molecule has 9 heteroatoms. The molecule has 2 N–H and O–H groups in total. The van der Waals surface area contributed by atoms with Crippen LogP contribution in [0, 0.1) is 0 Å². The van der Waals surface area contributed by atoms with E-state index >= 15 is 0 Å². The van der Waals surface area contributed by atoms with Gasteiger partial charge in [-0.1, -0.05) is 40.8 Å². The van der Waals surface area contributed by atoms with E-state index in [9.17, 15) is 4.79 Å². The van der Waals surface area contributed by atoms with Crippen molar-refractivity contribution in [2.45, 2.75) is 4.34 Å². The van der Waals surface area contributed by atoms with E-state index in [1.807, 2.05) is 24.3 Å². The van der Waals surface area contributed by atoms with Crippen molar-refractivity contribution in [3.05, 3.63) is 53.6 Å². The van der Waals surface area contributed by atoms with Crippen LogP contribution >= 0.6 is 34.7 Å². The third-order valence-corrected chi connectivity index (χ3v) is 5.39. The smallest absolute Gasteiger partial charge is 0.234 e. The summed E-state index contributed by atoms with van der Waals surface area (Å²) < 4.78 is 5.84. The Morgan fingerprint density at radius 3 is 2.73 bits per heavy atom. The van der Waals surface area contributed by atoms with Crippen LogP contribution in [0.3, 0.4) is 0 Å². The maximum absolute atomic E-state index is 12.0. The summed E-state index contributed by atoms with van der Waals surface area (Å²) >= 11 is 8.62. The molecule has 1 amide bonds.